The smallest absolute Gasteiger partial charge is 0.315 e. The molecule has 4 N–H and O–H groups in total. The van der Waals surface area contributed by atoms with Crippen molar-refractivity contribution in [3.8, 4) is 0 Å². The lowest BCUT2D eigenvalue weighted by atomic mass is 9.86. The van der Waals surface area contributed by atoms with Crippen LogP contribution in [0.15, 0.2) is 0 Å². The van der Waals surface area contributed by atoms with E-state index in [0.717, 1.165) is 19.0 Å². The van der Waals surface area contributed by atoms with Gasteiger partial charge in [-0.05, 0) is 52.0 Å². The van der Waals surface area contributed by atoms with Gasteiger partial charge in [-0.25, -0.2) is 18.4 Å². The van der Waals surface area contributed by atoms with Crippen molar-refractivity contribution in [2.24, 2.45) is 11.1 Å². The molecule has 1 saturated carbocycles. The average Bonchev–Trinajstić information content (AvgIpc) is 2.42. The van der Waals surface area contributed by atoms with Gasteiger partial charge in [0.1, 0.15) is 0 Å². The third-order valence-electron chi connectivity index (χ3n) is 5.26. The van der Waals surface area contributed by atoms with E-state index in [0.29, 0.717) is 5.92 Å². The van der Waals surface area contributed by atoms with Crippen molar-refractivity contribution in [1.29, 1.82) is 0 Å². The molecule has 1 saturated heterocycles. The van der Waals surface area contributed by atoms with Crippen molar-refractivity contribution < 1.29 is 13.2 Å². The highest BCUT2D eigenvalue weighted by molar-refractivity contribution is 7.89. The molecule has 1 heterocycles. The molecular weight excluding hydrogens is 316 g/mol. The number of nitrogens with one attached hydrogen (secondary N) is 2. The van der Waals surface area contributed by atoms with Crippen LogP contribution in [0.3, 0.4) is 0 Å². The van der Waals surface area contributed by atoms with E-state index >= 15 is 0 Å². The third-order valence-corrected chi connectivity index (χ3v) is 6.55. The van der Waals surface area contributed by atoms with Gasteiger partial charge >= 0.3 is 6.03 Å². The summed E-state index contributed by atoms with van der Waals surface area (Å²) in [7, 11) is -3.61. The third kappa shape index (κ3) is 5.32. The first kappa shape index (κ1) is 18.5. The van der Waals surface area contributed by atoms with Crippen LogP contribution >= 0.6 is 0 Å². The number of nitrogens with zero attached hydrogens (tertiary/aromatic N) is 1. The molecule has 2 aliphatic rings. The minimum absolute atomic E-state index is 0.0241. The predicted molar refractivity (Wildman–Crippen MR) is 90.5 cm³/mol. The molecule has 8 heteroatoms. The van der Waals surface area contributed by atoms with Gasteiger partial charge in [0.2, 0.25) is 10.0 Å². The normalized spacial score (nSPS) is 26.1. The second-order valence-corrected chi connectivity index (χ2v) is 9.01. The fourth-order valence-corrected chi connectivity index (χ4v) is 3.58. The zero-order valence-corrected chi connectivity index (χ0v) is 14.9. The fourth-order valence-electron chi connectivity index (χ4n) is 3.26. The number of primary sulfonamides is 1. The summed E-state index contributed by atoms with van der Waals surface area (Å²) in [4.78, 5) is 14.5. The van der Waals surface area contributed by atoms with E-state index < -0.39 is 15.3 Å². The summed E-state index contributed by atoms with van der Waals surface area (Å²) >= 11 is 0. The molecule has 23 heavy (non-hydrogen) atoms. The van der Waals surface area contributed by atoms with Gasteiger partial charge < -0.3 is 15.5 Å². The average molecular weight is 346 g/mol. The minimum atomic E-state index is -3.61. The molecule has 134 valence electrons. The molecule has 2 amide bonds. The number of likely N-dealkylation sites (tertiary alicyclic amines) is 1. The molecule has 7 nitrogen and oxygen atoms in total. The van der Waals surface area contributed by atoms with Crippen molar-refractivity contribution in [3.63, 3.8) is 0 Å². The number of amides is 2. The van der Waals surface area contributed by atoms with Crippen LogP contribution in [0.25, 0.3) is 0 Å². The SMILES string of the molecule is CC(NC(=O)NCC(C)S(N)(=O)=O)C1CCCN(C2CCC2)C1. The number of hydrogen-bond donors (Lipinski definition) is 3. The number of urea groups is 1. The first-order valence-electron chi connectivity index (χ1n) is 8.57. The predicted octanol–water partition coefficient (Wildman–Crippen LogP) is 0.616. The second-order valence-electron chi connectivity index (χ2n) is 7.02. The van der Waals surface area contributed by atoms with E-state index in [-0.39, 0.29) is 18.6 Å². The van der Waals surface area contributed by atoms with Gasteiger partial charge in [0, 0.05) is 25.2 Å². The van der Waals surface area contributed by atoms with Gasteiger partial charge in [-0.1, -0.05) is 6.42 Å². The van der Waals surface area contributed by atoms with E-state index in [1.807, 2.05) is 6.92 Å². The Kier molecular flexibility index (Phi) is 6.27. The van der Waals surface area contributed by atoms with Crippen molar-refractivity contribution in [2.75, 3.05) is 19.6 Å². The lowest BCUT2D eigenvalue weighted by Crippen LogP contribution is -2.52. The Hall–Kier alpha value is -0.860. The van der Waals surface area contributed by atoms with E-state index in [2.05, 4.69) is 15.5 Å². The standard InChI is InChI=1S/C15H30N4O3S/c1-11(23(16,21)22)9-17-15(20)18-12(2)13-5-4-8-19(10-13)14-6-3-7-14/h11-14H,3-10H2,1-2H3,(H2,16,21,22)(H2,17,18,20). The Labute approximate surface area is 139 Å². The summed E-state index contributed by atoms with van der Waals surface area (Å²) in [6.07, 6.45) is 6.25. The number of hydrogen-bond acceptors (Lipinski definition) is 4. The minimum Gasteiger partial charge on any atom is -0.337 e. The maximum Gasteiger partial charge on any atom is 0.315 e. The summed E-state index contributed by atoms with van der Waals surface area (Å²) in [5.41, 5.74) is 0. The molecule has 1 aliphatic heterocycles. The van der Waals surface area contributed by atoms with Crippen molar-refractivity contribution >= 4 is 16.1 Å². The Morgan fingerprint density at radius 2 is 1.96 bits per heavy atom. The zero-order valence-electron chi connectivity index (χ0n) is 14.1. The lowest BCUT2D eigenvalue weighted by molar-refractivity contribution is 0.0679. The Morgan fingerprint density at radius 1 is 1.26 bits per heavy atom. The van der Waals surface area contributed by atoms with Crippen LogP contribution < -0.4 is 15.8 Å². The Bertz CT molecular complexity index is 507. The molecule has 0 aromatic carbocycles. The van der Waals surface area contributed by atoms with Crippen LogP contribution in [0.5, 0.6) is 0 Å². The number of carbonyl (C=O) groups excluding carboxylic acids is 1. The molecule has 2 rings (SSSR count). The maximum atomic E-state index is 11.9. The molecule has 1 aliphatic carbocycles. The van der Waals surface area contributed by atoms with Gasteiger partial charge in [-0.3, -0.25) is 0 Å². The van der Waals surface area contributed by atoms with Crippen LogP contribution in [-0.2, 0) is 10.0 Å². The Balaban J connectivity index is 1.74. The van der Waals surface area contributed by atoms with Crippen molar-refractivity contribution in [1.82, 2.24) is 15.5 Å². The van der Waals surface area contributed by atoms with Crippen LogP contribution in [0.4, 0.5) is 4.79 Å². The summed E-state index contributed by atoms with van der Waals surface area (Å²) in [5, 5.41) is 9.79. The molecule has 3 atom stereocenters. The van der Waals surface area contributed by atoms with E-state index in [1.54, 1.807) is 0 Å². The summed E-state index contributed by atoms with van der Waals surface area (Å²) in [5.74, 6) is 0.450. The molecule has 0 bridgehead atoms. The summed E-state index contributed by atoms with van der Waals surface area (Å²) < 4.78 is 22.3. The first-order valence-corrected chi connectivity index (χ1v) is 10.2. The van der Waals surface area contributed by atoms with Crippen molar-refractivity contribution in [3.05, 3.63) is 0 Å². The maximum absolute atomic E-state index is 11.9. The number of rotatable bonds is 6. The van der Waals surface area contributed by atoms with Gasteiger partial charge in [0.25, 0.3) is 0 Å². The first-order chi connectivity index (χ1) is 10.8. The zero-order chi connectivity index (χ0) is 17.0. The Morgan fingerprint density at radius 3 is 2.52 bits per heavy atom. The lowest BCUT2D eigenvalue weighted by Gasteiger charge is -2.43. The molecule has 2 fully saturated rings. The van der Waals surface area contributed by atoms with Crippen LogP contribution in [0.2, 0.25) is 0 Å². The number of sulfonamides is 1. The van der Waals surface area contributed by atoms with Crippen LogP contribution in [-0.4, -0.2) is 56.3 Å². The highest BCUT2D eigenvalue weighted by Crippen LogP contribution is 2.30. The van der Waals surface area contributed by atoms with Gasteiger partial charge in [-0.15, -0.1) is 0 Å². The number of nitrogens with two attached hydrogens (primary N) is 1. The topological polar surface area (TPSA) is 105 Å². The molecule has 0 radical (unpaired) electrons. The van der Waals surface area contributed by atoms with Gasteiger partial charge in [-0.2, -0.15) is 0 Å². The number of carbonyl (C=O) groups is 1. The number of piperidine rings is 1. The summed E-state index contributed by atoms with van der Waals surface area (Å²) in [6.45, 7) is 5.75. The largest absolute Gasteiger partial charge is 0.337 e. The quantitative estimate of drug-likeness (QED) is 0.655. The van der Waals surface area contributed by atoms with E-state index in [9.17, 15) is 13.2 Å². The van der Waals surface area contributed by atoms with E-state index in [4.69, 9.17) is 5.14 Å². The molecular formula is C15H30N4O3S. The molecule has 3 unspecified atom stereocenters. The highest BCUT2D eigenvalue weighted by Gasteiger charge is 2.31. The van der Waals surface area contributed by atoms with Crippen molar-refractivity contribution in [2.45, 2.75) is 63.3 Å². The second kappa shape index (κ2) is 7.81. The van der Waals surface area contributed by atoms with E-state index in [1.165, 1.54) is 39.2 Å². The molecule has 0 spiro atoms. The molecule has 0 aromatic rings. The van der Waals surface area contributed by atoms with Crippen LogP contribution in [0.1, 0.15) is 46.0 Å². The van der Waals surface area contributed by atoms with Gasteiger partial charge in [0.15, 0.2) is 0 Å². The fraction of sp³-hybridized carbons (Fsp3) is 0.933. The monoisotopic (exact) mass is 346 g/mol. The highest BCUT2D eigenvalue weighted by atomic mass is 32.2. The molecule has 0 aromatic heterocycles. The summed E-state index contributed by atoms with van der Waals surface area (Å²) in [6, 6.07) is 0.492. The van der Waals surface area contributed by atoms with Crippen LogP contribution in [0, 0.1) is 5.92 Å². The van der Waals surface area contributed by atoms with Gasteiger partial charge in [0.05, 0.1) is 5.25 Å².